The first kappa shape index (κ1) is 34.6. The number of rotatable bonds is 7. The summed E-state index contributed by atoms with van der Waals surface area (Å²) in [6.07, 6.45) is -11.5. The highest BCUT2D eigenvalue weighted by Gasteiger charge is 2.43. The van der Waals surface area contributed by atoms with Gasteiger partial charge in [0, 0.05) is 67.3 Å². The maximum Gasteiger partial charge on any atom is 0.433 e. The van der Waals surface area contributed by atoms with Crippen LogP contribution in [0.2, 0.25) is 5.02 Å². The van der Waals surface area contributed by atoms with Crippen LogP contribution < -0.4 is 9.80 Å². The Hall–Kier alpha value is -3.73. The maximum absolute atomic E-state index is 14.2. The molecule has 0 radical (unpaired) electrons. The summed E-state index contributed by atoms with van der Waals surface area (Å²) in [5.74, 6) is -1.21. The van der Waals surface area contributed by atoms with Gasteiger partial charge in [-0.25, -0.2) is 9.78 Å². The molecule has 4 heterocycles. The molecule has 1 unspecified atom stereocenters. The molecular formula is C29H28ClF9N6O2. The Kier molecular flexibility index (Phi) is 9.87. The van der Waals surface area contributed by atoms with Gasteiger partial charge in [-0.05, 0) is 37.1 Å². The lowest BCUT2D eigenvalue weighted by Crippen LogP contribution is -2.49. The zero-order chi connectivity index (χ0) is 34.1. The molecular weight excluding hydrogens is 671 g/mol. The molecule has 1 atom stereocenters. The average molecular weight is 699 g/mol. The molecule has 0 amide bonds. The van der Waals surface area contributed by atoms with Gasteiger partial charge >= 0.3 is 24.5 Å². The molecule has 47 heavy (non-hydrogen) atoms. The molecule has 18 heteroatoms. The van der Waals surface area contributed by atoms with E-state index in [9.17, 15) is 44.3 Å². The number of halogens is 10. The number of anilines is 2. The monoisotopic (exact) mass is 698 g/mol. The number of aromatic nitrogens is 3. The lowest BCUT2D eigenvalue weighted by Gasteiger charge is -2.36. The van der Waals surface area contributed by atoms with Crippen molar-refractivity contribution in [3.63, 3.8) is 0 Å². The van der Waals surface area contributed by atoms with E-state index in [2.05, 4.69) is 14.8 Å². The van der Waals surface area contributed by atoms with E-state index in [0.717, 1.165) is 0 Å². The third-order valence-corrected chi connectivity index (χ3v) is 8.09. The summed E-state index contributed by atoms with van der Waals surface area (Å²) in [6, 6.07) is 7.65. The number of hydrogen-bond donors (Lipinski definition) is 0. The second-order valence-corrected chi connectivity index (χ2v) is 11.7. The molecule has 5 rings (SSSR count). The molecule has 0 N–H and O–H groups in total. The number of ether oxygens (including phenoxy) is 1. The van der Waals surface area contributed by atoms with E-state index in [0.29, 0.717) is 64.6 Å². The molecule has 256 valence electrons. The van der Waals surface area contributed by atoms with Crippen LogP contribution in [0, 0.1) is 0 Å². The second kappa shape index (κ2) is 13.4. The van der Waals surface area contributed by atoms with Crippen molar-refractivity contribution in [1.29, 1.82) is 0 Å². The number of benzene rings is 1. The van der Waals surface area contributed by atoms with Gasteiger partial charge in [-0.15, -0.1) is 0 Å². The van der Waals surface area contributed by atoms with Gasteiger partial charge in [-0.1, -0.05) is 17.7 Å². The van der Waals surface area contributed by atoms with Crippen LogP contribution in [0.3, 0.4) is 0 Å². The van der Waals surface area contributed by atoms with Gasteiger partial charge in [0.15, 0.2) is 12.3 Å². The Morgan fingerprint density at radius 1 is 0.894 bits per heavy atom. The molecule has 0 spiro atoms. The van der Waals surface area contributed by atoms with E-state index in [1.807, 2.05) is 9.80 Å². The highest BCUT2D eigenvalue weighted by atomic mass is 35.5. The summed E-state index contributed by atoms with van der Waals surface area (Å²) in [7, 11) is 0. The number of nitrogens with zero attached hydrogens (tertiary/aromatic N) is 6. The molecule has 2 fully saturated rings. The predicted octanol–water partition coefficient (Wildman–Crippen LogP) is 6.86. The Balaban J connectivity index is 1.35. The van der Waals surface area contributed by atoms with Crippen molar-refractivity contribution in [2.75, 3.05) is 62.2 Å². The topological polar surface area (TPSA) is 66.7 Å². The standard InChI is InChI=1S/C29H28ClF9N6O2/c30-19-4-5-21(18-3-6-24(40-13-18)43-10-8-42(9-11-43)16-27(31,32)33)23(12-19)44-7-1-2-20(15-44)45-25(29(37,38)39)22(14-41-45)26(46)47-17-28(34,35)36/h3-6,12-14,20H,1-2,7-11,15-17H2. The number of carbonyl (C=O) groups excluding carboxylic acids is 1. The lowest BCUT2D eigenvalue weighted by molar-refractivity contribution is -0.162. The van der Waals surface area contributed by atoms with E-state index in [-0.39, 0.29) is 26.1 Å². The summed E-state index contributed by atoms with van der Waals surface area (Å²) in [4.78, 5) is 21.8. The summed E-state index contributed by atoms with van der Waals surface area (Å²) in [5.41, 5.74) is -0.708. The van der Waals surface area contributed by atoms with Crippen molar-refractivity contribution in [2.24, 2.45) is 0 Å². The first-order valence-corrected chi connectivity index (χ1v) is 14.8. The van der Waals surface area contributed by atoms with Crippen LogP contribution in [0.25, 0.3) is 11.1 Å². The summed E-state index contributed by atoms with van der Waals surface area (Å²) in [5, 5.41) is 4.12. The Bertz CT molecular complexity index is 1550. The number of hydrogen-bond acceptors (Lipinski definition) is 7. The van der Waals surface area contributed by atoms with Gasteiger partial charge in [0.1, 0.15) is 11.4 Å². The third-order valence-electron chi connectivity index (χ3n) is 7.85. The van der Waals surface area contributed by atoms with Crippen LogP contribution in [-0.4, -0.2) is 90.4 Å². The number of piperidine rings is 1. The lowest BCUT2D eigenvalue weighted by atomic mass is 10.00. The van der Waals surface area contributed by atoms with E-state index in [1.165, 1.54) is 4.90 Å². The van der Waals surface area contributed by atoms with Gasteiger partial charge in [0.05, 0.1) is 18.8 Å². The van der Waals surface area contributed by atoms with Crippen LogP contribution in [0.1, 0.15) is 34.9 Å². The Labute approximate surface area is 267 Å². The molecule has 1 aromatic carbocycles. The summed E-state index contributed by atoms with van der Waals surface area (Å²) >= 11 is 6.32. The number of piperazine rings is 1. The first-order valence-electron chi connectivity index (χ1n) is 14.4. The van der Waals surface area contributed by atoms with E-state index >= 15 is 0 Å². The zero-order valence-corrected chi connectivity index (χ0v) is 25.2. The zero-order valence-electron chi connectivity index (χ0n) is 24.5. The van der Waals surface area contributed by atoms with Crippen molar-refractivity contribution in [3.8, 4) is 11.1 Å². The minimum absolute atomic E-state index is 0.00283. The van der Waals surface area contributed by atoms with Crippen LogP contribution in [-0.2, 0) is 10.9 Å². The smallest absolute Gasteiger partial charge is 0.433 e. The van der Waals surface area contributed by atoms with Crippen LogP contribution in [0.5, 0.6) is 0 Å². The predicted molar refractivity (Wildman–Crippen MR) is 153 cm³/mol. The quantitative estimate of drug-likeness (QED) is 0.197. The molecule has 2 saturated heterocycles. The average Bonchev–Trinajstić information content (AvgIpc) is 3.46. The van der Waals surface area contributed by atoms with Crippen molar-refractivity contribution in [3.05, 3.63) is 59.0 Å². The molecule has 0 saturated carbocycles. The fourth-order valence-electron chi connectivity index (χ4n) is 5.80. The normalized spacial score (nSPS) is 18.5. The van der Waals surface area contributed by atoms with E-state index < -0.39 is 54.9 Å². The van der Waals surface area contributed by atoms with Crippen molar-refractivity contribution in [2.45, 2.75) is 37.4 Å². The fourth-order valence-corrected chi connectivity index (χ4v) is 5.97. The summed E-state index contributed by atoms with van der Waals surface area (Å²) < 4.78 is 123. The number of esters is 1. The largest absolute Gasteiger partial charge is 0.452 e. The Morgan fingerprint density at radius 2 is 1.62 bits per heavy atom. The van der Waals surface area contributed by atoms with E-state index in [4.69, 9.17) is 11.6 Å². The van der Waals surface area contributed by atoms with Crippen molar-refractivity contribution < 1.29 is 49.0 Å². The third kappa shape index (κ3) is 8.60. The van der Waals surface area contributed by atoms with Gasteiger partial charge < -0.3 is 14.5 Å². The van der Waals surface area contributed by atoms with Gasteiger partial charge in [-0.3, -0.25) is 9.58 Å². The van der Waals surface area contributed by atoms with Crippen LogP contribution in [0.4, 0.5) is 51.0 Å². The van der Waals surface area contributed by atoms with Gasteiger partial charge in [0.2, 0.25) is 0 Å². The number of pyridine rings is 1. The molecule has 2 aliphatic heterocycles. The minimum atomic E-state index is -5.12. The molecule has 2 aliphatic rings. The summed E-state index contributed by atoms with van der Waals surface area (Å²) in [6.45, 7) is -1.41. The highest BCUT2D eigenvalue weighted by molar-refractivity contribution is 6.31. The molecule has 3 aromatic rings. The van der Waals surface area contributed by atoms with Gasteiger partial charge in [-0.2, -0.15) is 44.6 Å². The Morgan fingerprint density at radius 3 is 2.23 bits per heavy atom. The van der Waals surface area contributed by atoms with Gasteiger partial charge in [0.25, 0.3) is 0 Å². The highest BCUT2D eigenvalue weighted by Crippen LogP contribution is 2.39. The van der Waals surface area contributed by atoms with Crippen LogP contribution >= 0.6 is 11.6 Å². The minimum Gasteiger partial charge on any atom is -0.452 e. The SMILES string of the molecule is O=C(OCC(F)(F)F)c1cnn(C2CCCN(c3cc(Cl)ccc3-c3ccc(N4CCN(CC(F)(F)F)CC4)nc3)C2)c1C(F)(F)F. The van der Waals surface area contributed by atoms with E-state index in [1.54, 1.807) is 36.5 Å². The molecule has 0 aliphatic carbocycles. The fraction of sp³-hybridized carbons (Fsp3) is 0.483. The van der Waals surface area contributed by atoms with Crippen molar-refractivity contribution >= 4 is 29.1 Å². The first-order chi connectivity index (χ1) is 22.0. The van der Waals surface area contributed by atoms with Crippen molar-refractivity contribution in [1.82, 2.24) is 19.7 Å². The second-order valence-electron chi connectivity index (χ2n) is 11.2. The number of alkyl halides is 9. The number of carbonyl (C=O) groups is 1. The maximum atomic E-state index is 14.2. The van der Waals surface area contributed by atoms with Crippen LogP contribution in [0.15, 0.2) is 42.7 Å². The molecule has 0 bridgehead atoms. The molecule has 8 nitrogen and oxygen atoms in total. The molecule has 2 aromatic heterocycles.